The van der Waals surface area contributed by atoms with Crippen LogP contribution in [-0.2, 0) is 4.74 Å². The van der Waals surface area contributed by atoms with Crippen molar-refractivity contribution in [2.24, 2.45) is 0 Å². The molecule has 3 rings (SSSR count). The second-order valence-electron chi connectivity index (χ2n) is 5.63. The van der Waals surface area contributed by atoms with Crippen LogP contribution in [0.2, 0.25) is 0 Å². The molecule has 1 fully saturated rings. The third-order valence-electron chi connectivity index (χ3n) is 3.93. The van der Waals surface area contributed by atoms with Crippen LogP contribution >= 0.6 is 0 Å². The van der Waals surface area contributed by atoms with Crippen LogP contribution in [0.15, 0.2) is 24.3 Å². The smallest absolute Gasteiger partial charge is 0.252 e. The first-order chi connectivity index (χ1) is 10.1. The fourth-order valence-corrected chi connectivity index (χ4v) is 2.81. The highest BCUT2D eigenvalue weighted by atomic mass is 16.5. The van der Waals surface area contributed by atoms with Gasteiger partial charge in [-0.05, 0) is 38.3 Å². The van der Waals surface area contributed by atoms with Crippen LogP contribution in [0.5, 0.6) is 0 Å². The predicted molar refractivity (Wildman–Crippen MR) is 82.5 cm³/mol. The molecule has 1 aliphatic heterocycles. The number of pyridine rings is 1. The largest absolute Gasteiger partial charge is 0.376 e. The molecule has 1 aromatic carbocycles. The molecule has 4 nitrogen and oxygen atoms in total. The van der Waals surface area contributed by atoms with Gasteiger partial charge in [0, 0.05) is 24.2 Å². The molecule has 0 radical (unpaired) electrons. The Morgan fingerprint density at radius 1 is 1.43 bits per heavy atom. The van der Waals surface area contributed by atoms with Gasteiger partial charge in [0.25, 0.3) is 5.91 Å². The van der Waals surface area contributed by atoms with Crippen molar-refractivity contribution in [1.82, 2.24) is 10.3 Å². The summed E-state index contributed by atoms with van der Waals surface area (Å²) >= 11 is 0. The maximum absolute atomic E-state index is 12.5. The van der Waals surface area contributed by atoms with Crippen LogP contribution in [0.3, 0.4) is 0 Å². The second-order valence-corrected chi connectivity index (χ2v) is 5.63. The summed E-state index contributed by atoms with van der Waals surface area (Å²) in [5.74, 6) is -0.0494. The zero-order chi connectivity index (χ0) is 14.8. The molecule has 1 amide bonds. The Bertz CT molecular complexity index is 676. The van der Waals surface area contributed by atoms with Gasteiger partial charge in [0.15, 0.2) is 0 Å². The number of carbonyl (C=O) groups is 1. The fraction of sp³-hybridized carbons (Fsp3) is 0.412. The summed E-state index contributed by atoms with van der Waals surface area (Å²) in [7, 11) is 0. The number of aromatic nitrogens is 1. The minimum atomic E-state index is -0.0494. The van der Waals surface area contributed by atoms with Gasteiger partial charge < -0.3 is 10.1 Å². The normalized spacial score (nSPS) is 18.1. The number of hydrogen-bond donors (Lipinski definition) is 1. The summed E-state index contributed by atoms with van der Waals surface area (Å²) in [6.45, 7) is 5.32. The van der Waals surface area contributed by atoms with Gasteiger partial charge >= 0.3 is 0 Å². The van der Waals surface area contributed by atoms with Crippen LogP contribution in [0, 0.1) is 13.8 Å². The fourth-order valence-electron chi connectivity index (χ4n) is 2.81. The number of fused-ring (bicyclic) bond motifs is 1. The molecule has 1 saturated heterocycles. The lowest BCUT2D eigenvalue weighted by Crippen LogP contribution is -2.32. The topological polar surface area (TPSA) is 51.2 Å². The van der Waals surface area contributed by atoms with Crippen LogP contribution in [0.25, 0.3) is 10.9 Å². The van der Waals surface area contributed by atoms with Crippen LogP contribution in [0.1, 0.15) is 34.5 Å². The molecular formula is C17H20N2O2. The minimum absolute atomic E-state index is 0.0494. The van der Waals surface area contributed by atoms with Crippen LogP contribution in [-0.4, -0.2) is 30.1 Å². The van der Waals surface area contributed by atoms with E-state index in [1.165, 1.54) is 0 Å². The standard InChI is InChI=1S/C17H20N2O2/c1-11-5-3-7-14-15(9-12(2)19-16(11)14)17(20)18-10-13-6-4-8-21-13/h3,5,7,9,13H,4,6,8,10H2,1-2H3,(H,18,20)/t13-/m1/s1. The van der Waals surface area contributed by atoms with E-state index in [0.29, 0.717) is 12.1 Å². The monoisotopic (exact) mass is 284 g/mol. The summed E-state index contributed by atoms with van der Waals surface area (Å²) in [6, 6.07) is 7.79. The maximum Gasteiger partial charge on any atom is 0.252 e. The molecule has 1 atom stereocenters. The number of amides is 1. The molecule has 0 aliphatic carbocycles. The summed E-state index contributed by atoms with van der Waals surface area (Å²) in [6.07, 6.45) is 2.26. The van der Waals surface area contributed by atoms with Crippen molar-refractivity contribution >= 4 is 16.8 Å². The van der Waals surface area contributed by atoms with E-state index < -0.39 is 0 Å². The summed E-state index contributed by atoms with van der Waals surface area (Å²) in [5, 5.41) is 3.90. The molecule has 110 valence electrons. The number of nitrogens with one attached hydrogen (secondary N) is 1. The van der Waals surface area contributed by atoms with Crippen LogP contribution < -0.4 is 5.32 Å². The molecule has 2 heterocycles. The first-order valence-corrected chi connectivity index (χ1v) is 7.42. The minimum Gasteiger partial charge on any atom is -0.376 e. The molecule has 0 bridgehead atoms. The van der Waals surface area contributed by atoms with Crippen molar-refractivity contribution in [2.75, 3.05) is 13.2 Å². The van der Waals surface area contributed by atoms with Crippen molar-refractivity contribution in [3.05, 3.63) is 41.1 Å². The molecule has 2 aromatic rings. The second kappa shape index (κ2) is 5.82. The van der Waals surface area contributed by atoms with Crippen molar-refractivity contribution < 1.29 is 9.53 Å². The molecule has 1 aromatic heterocycles. The van der Waals surface area contributed by atoms with Gasteiger partial charge in [-0.25, -0.2) is 0 Å². The van der Waals surface area contributed by atoms with E-state index in [1.807, 2.05) is 38.1 Å². The number of rotatable bonds is 3. The average molecular weight is 284 g/mol. The molecule has 0 unspecified atom stereocenters. The van der Waals surface area contributed by atoms with E-state index in [2.05, 4.69) is 10.3 Å². The number of benzene rings is 1. The van der Waals surface area contributed by atoms with Gasteiger partial charge in [-0.15, -0.1) is 0 Å². The number of ether oxygens (including phenoxy) is 1. The van der Waals surface area contributed by atoms with Crippen molar-refractivity contribution in [2.45, 2.75) is 32.8 Å². The van der Waals surface area contributed by atoms with Gasteiger partial charge in [-0.3, -0.25) is 9.78 Å². The Hall–Kier alpha value is -1.94. The lowest BCUT2D eigenvalue weighted by Gasteiger charge is -2.13. The molecule has 1 aliphatic rings. The van der Waals surface area contributed by atoms with E-state index in [4.69, 9.17) is 4.74 Å². The van der Waals surface area contributed by atoms with Crippen LogP contribution in [0.4, 0.5) is 0 Å². The number of aryl methyl sites for hydroxylation is 2. The quantitative estimate of drug-likeness (QED) is 0.943. The Balaban J connectivity index is 1.88. The van der Waals surface area contributed by atoms with E-state index >= 15 is 0 Å². The average Bonchev–Trinajstić information content (AvgIpc) is 2.98. The molecule has 0 saturated carbocycles. The number of nitrogens with zero attached hydrogens (tertiary/aromatic N) is 1. The summed E-state index contributed by atoms with van der Waals surface area (Å²) in [5.41, 5.74) is 3.54. The highest BCUT2D eigenvalue weighted by Gasteiger charge is 2.18. The SMILES string of the molecule is Cc1cc(C(=O)NC[C@H]2CCCO2)c2cccc(C)c2n1. The molecular weight excluding hydrogens is 264 g/mol. The Labute approximate surface area is 124 Å². The zero-order valence-corrected chi connectivity index (χ0v) is 12.5. The molecule has 0 spiro atoms. The zero-order valence-electron chi connectivity index (χ0n) is 12.5. The summed E-state index contributed by atoms with van der Waals surface area (Å²) < 4.78 is 5.54. The van der Waals surface area contributed by atoms with E-state index in [9.17, 15) is 4.79 Å². The number of hydrogen-bond acceptors (Lipinski definition) is 3. The van der Waals surface area contributed by atoms with E-state index in [-0.39, 0.29) is 12.0 Å². The highest BCUT2D eigenvalue weighted by Crippen LogP contribution is 2.21. The van der Waals surface area contributed by atoms with Crippen molar-refractivity contribution in [3.8, 4) is 0 Å². The van der Waals surface area contributed by atoms with Crippen molar-refractivity contribution in [1.29, 1.82) is 0 Å². The Morgan fingerprint density at radius 3 is 3.05 bits per heavy atom. The first kappa shape index (κ1) is 14.0. The number of carbonyl (C=O) groups excluding carboxylic acids is 1. The van der Waals surface area contributed by atoms with Gasteiger partial charge in [-0.2, -0.15) is 0 Å². The maximum atomic E-state index is 12.5. The van der Waals surface area contributed by atoms with E-state index in [1.54, 1.807) is 0 Å². The van der Waals surface area contributed by atoms with Gasteiger partial charge in [-0.1, -0.05) is 18.2 Å². The summed E-state index contributed by atoms with van der Waals surface area (Å²) in [4.78, 5) is 17.0. The lowest BCUT2D eigenvalue weighted by molar-refractivity contribution is 0.0859. The van der Waals surface area contributed by atoms with Gasteiger partial charge in [0.05, 0.1) is 17.2 Å². The Morgan fingerprint density at radius 2 is 2.29 bits per heavy atom. The molecule has 1 N–H and O–H groups in total. The first-order valence-electron chi connectivity index (χ1n) is 7.42. The highest BCUT2D eigenvalue weighted by molar-refractivity contribution is 6.06. The van der Waals surface area contributed by atoms with Gasteiger partial charge in [0.2, 0.25) is 0 Å². The van der Waals surface area contributed by atoms with E-state index in [0.717, 1.165) is 41.6 Å². The predicted octanol–water partition coefficient (Wildman–Crippen LogP) is 2.76. The third-order valence-corrected chi connectivity index (χ3v) is 3.93. The van der Waals surface area contributed by atoms with Gasteiger partial charge in [0.1, 0.15) is 0 Å². The third kappa shape index (κ3) is 2.90. The van der Waals surface area contributed by atoms with Crippen molar-refractivity contribution in [3.63, 3.8) is 0 Å². The molecule has 21 heavy (non-hydrogen) atoms. The molecule has 4 heteroatoms. The Kier molecular flexibility index (Phi) is 3.88. The number of para-hydroxylation sites is 1. The lowest BCUT2D eigenvalue weighted by atomic mass is 10.0.